The van der Waals surface area contributed by atoms with Gasteiger partial charge in [-0.25, -0.2) is 0 Å². The fraction of sp³-hybridized carbons (Fsp3) is 1.00. The Morgan fingerprint density at radius 2 is 1.60 bits per heavy atom. The molecule has 30 valence electrons. The standard InChI is InChI=1S/2CH3O.Al/c2*1-2;/h2*1H3;/q2*-1;+1. The normalized spacial score (nSPS) is 8.40. The molecule has 2 radical (unpaired) electrons. The Kier molecular flexibility index (Phi) is 4.86. The van der Waals surface area contributed by atoms with E-state index >= 15 is 0 Å². The van der Waals surface area contributed by atoms with Crippen molar-refractivity contribution in [1.29, 1.82) is 0 Å². The van der Waals surface area contributed by atoms with Gasteiger partial charge in [0.25, 0.3) is 0 Å². The van der Waals surface area contributed by atoms with Crippen LogP contribution >= 0.6 is 0 Å². The van der Waals surface area contributed by atoms with E-state index in [4.69, 9.17) is 0 Å². The van der Waals surface area contributed by atoms with Gasteiger partial charge in [0.2, 0.25) is 0 Å². The van der Waals surface area contributed by atoms with Gasteiger partial charge in [0.1, 0.15) is 15.9 Å². The maximum absolute atomic E-state index is 4.55. The molecule has 2 nitrogen and oxygen atoms in total. The molecular weight excluding hydrogens is 83.0 g/mol. The molecule has 0 unspecified atom stereocenters. The quantitative estimate of drug-likeness (QED) is 0.437. The molecule has 0 fully saturated rings. The van der Waals surface area contributed by atoms with E-state index in [-0.39, 0.29) is 15.9 Å². The first-order valence-electron chi connectivity index (χ1n) is 1.29. The van der Waals surface area contributed by atoms with Gasteiger partial charge >= 0.3 is 0 Å². The molecule has 5 heavy (non-hydrogen) atoms. The highest BCUT2D eigenvalue weighted by Crippen LogP contribution is 1.55. The number of rotatable bonds is 2. The average Bonchev–Trinajstić information content (AvgIpc) is 1.41. The van der Waals surface area contributed by atoms with E-state index in [1.807, 2.05) is 0 Å². The van der Waals surface area contributed by atoms with Crippen molar-refractivity contribution in [2.24, 2.45) is 0 Å². The van der Waals surface area contributed by atoms with Gasteiger partial charge in [-0.1, -0.05) is 0 Å². The fourth-order valence-electron chi connectivity index (χ4n) is 0.0962. The van der Waals surface area contributed by atoms with Gasteiger partial charge in [0.05, 0.1) is 0 Å². The van der Waals surface area contributed by atoms with Crippen LogP contribution in [0.5, 0.6) is 0 Å². The highest BCUT2D eigenvalue weighted by molar-refractivity contribution is 6.17. The molecule has 0 rings (SSSR count). The predicted molar refractivity (Wildman–Crippen MR) is 19.8 cm³/mol. The molecule has 0 saturated carbocycles. The predicted octanol–water partition coefficient (Wildman–Crippen LogP) is -0.187. The zero-order valence-corrected chi connectivity index (χ0v) is 4.55. The van der Waals surface area contributed by atoms with E-state index < -0.39 is 0 Å². The van der Waals surface area contributed by atoms with Gasteiger partial charge in [-0.3, -0.25) is 0 Å². The van der Waals surface area contributed by atoms with Gasteiger partial charge in [0.15, 0.2) is 0 Å². The van der Waals surface area contributed by atoms with E-state index in [1.165, 1.54) is 0 Å². The molecule has 0 aromatic carbocycles. The van der Waals surface area contributed by atoms with Crippen molar-refractivity contribution < 1.29 is 7.58 Å². The average molecular weight is 89.0 g/mol. The van der Waals surface area contributed by atoms with Crippen LogP contribution in [0.4, 0.5) is 0 Å². The third kappa shape index (κ3) is 4.45. The summed E-state index contributed by atoms with van der Waals surface area (Å²) in [5.74, 6) is 0. The molecule has 0 aromatic heterocycles. The van der Waals surface area contributed by atoms with Crippen molar-refractivity contribution >= 4 is 15.9 Å². The van der Waals surface area contributed by atoms with Gasteiger partial charge in [0, 0.05) is 0 Å². The van der Waals surface area contributed by atoms with Crippen LogP contribution in [0.1, 0.15) is 0 Å². The molecule has 0 amide bonds. The second-order valence-electron chi connectivity index (χ2n) is 0.568. The van der Waals surface area contributed by atoms with Crippen LogP contribution in [-0.2, 0) is 7.58 Å². The second-order valence-corrected chi connectivity index (χ2v) is 1.70. The lowest BCUT2D eigenvalue weighted by atomic mass is 11.8. The minimum absolute atomic E-state index is 0.185. The summed E-state index contributed by atoms with van der Waals surface area (Å²) in [7, 11) is 3.25. The van der Waals surface area contributed by atoms with Crippen molar-refractivity contribution in [2.45, 2.75) is 0 Å². The van der Waals surface area contributed by atoms with Gasteiger partial charge in [-0.05, 0) is 14.2 Å². The molecule has 0 aliphatic rings. The highest BCUT2D eigenvalue weighted by Gasteiger charge is 1.48. The summed E-state index contributed by atoms with van der Waals surface area (Å²) in [5.41, 5.74) is 0. The lowest BCUT2D eigenvalue weighted by Crippen LogP contribution is -1.93. The Morgan fingerprint density at radius 3 is 1.60 bits per heavy atom. The molecule has 0 aromatic rings. The lowest BCUT2D eigenvalue weighted by Gasteiger charge is -2.07. The minimum Gasteiger partial charge on any atom is -0.681 e. The van der Waals surface area contributed by atoms with E-state index in [1.54, 1.807) is 14.2 Å². The maximum atomic E-state index is 4.55. The largest absolute Gasteiger partial charge is 0.681 e. The third-order valence-electron chi connectivity index (χ3n) is 0.192. The highest BCUT2D eigenvalue weighted by atomic mass is 27.2. The van der Waals surface area contributed by atoms with Crippen LogP contribution in [0.25, 0.3) is 0 Å². The summed E-state index contributed by atoms with van der Waals surface area (Å²) in [6.07, 6.45) is 0. The first-order valence-corrected chi connectivity index (χ1v) is 2.23. The first-order chi connectivity index (χ1) is 2.41. The van der Waals surface area contributed by atoms with Crippen molar-refractivity contribution in [2.75, 3.05) is 14.2 Å². The third-order valence-corrected chi connectivity index (χ3v) is 0.577. The fourth-order valence-corrected chi connectivity index (χ4v) is 0.289. The molecule has 3 heteroatoms. The van der Waals surface area contributed by atoms with Crippen molar-refractivity contribution in [1.82, 2.24) is 0 Å². The van der Waals surface area contributed by atoms with Gasteiger partial charge in [-0.2, -0.15) is 0 Å². The summed E-state index contributed by atoms with van der Waals surface area (Å²) in [6, 6.07) is 0. The Bertz CT molecular complexity index is 15.1. The minimum atomic E-state index is -0.185. The lowest BCUT2D eigenvalue weighted by molar-refractivity contribution is 0.309. The van der Waals surface area contributed by atoms with E-state index in [9.17, 15) is 0 Å². The molecule has 0 spiro atoms. The second kappa shape index (κ2) is 4.45. The van der Waals surface area contributed by atoms with Crippen molar-refractivity contribution in [3.8, 4) is 0 Å². The molecule has 0 aliphatic carbocycles. The summed E-state index contributed by atoms with van der Waals surface area (Å²) >= 11 is -0.185. The molecule has 0 bridgehead atoms. The summed E-state index contributed by atoms with van der Waals surface area (Å²) < 4.78 is 9.10. The summed E-state index contributed by atoms with van der Waals surface area (Å²) in [5, 5.41) is 0. The van der Waals surface area contributed by atoms with Crippen LogP contribution in [-0.4, -0.2) is 30.1 Å². The monoisotopic (exact) mass is 89.0 g/mol. The van der Waals surface area contributed by atoms with Crippen LogP contribution in [0.2, 0.25) is 0 Å². The molecular formula is C2H6AlO2-. The van der Waals surface area contributed by atoms with E-state index in [0.717, 1.165) is 0 Å². The Labute approximate surface area is 38.5 Å². The Hall–Kier alpha value is 0.452. The zero-order valence-electron chi connectivity index (χ0n) is 3.39. The summed E-state index contributed by atoms with van der Waals surface area (Å²) in [6.45, 7) is 0. The number of hydrogen-bond acceptors (Lipinski definition) is 2. The van der Waals surface area contributed by atoms with Crippen LogP contribution in [0, 0.1) is 0 Å². The smallest absolute Gasteiger partial charge is 0.135 e. The molecule has 0 heterocycles. The van der Waals surface area contributed by atoms with E-state index in [0.29, 0.717) is 0 Å². The topological polar surface area (TPSA) is 18.5 Å². The number of hydrogen-bond donors (Lipinski definition) is 0. The van der Waals surface area contributed by atoms with Crippen LogP contribution < -0.4 is 0 Å². The first kappa shape index (κ1) is 5.45. The van der Waals surface area contributed by atoms with E-state index in [2.05, 4.69) is 7.58 Å². The van der Waals surface area contributed by atoms with Gasteiger partial charge < -0.3 is 7.58 Å². The van der Waals surface area contributed by atoms with Crippen LogP contribution in [0.3, 0.4) is 0 Å². The molecule has 0 N–H and O–H groups in total. The Balaban J connectivity index is 2.19. The molecule has 0 aliphatic heterocycles. The Morgan fingerprint density at radius 1 is 1.20 bits per heavy atom. The SMILES string of the molecule is C[O][Al-][O]C. The summed E-state index contributed by atoms with van der Waals surface area (Å²) in [4.78, 5) is 0. The molecule has 0 saturated heterocycles. The van der Waals surface area contributed by atoms with Crippen LogP contribution in [0.15, 0.2) is 0 Å². The van der Waals surface area contributed by atoms with Crippen molar-refractivity contribution in [3.05, 3.63) is 0 Å². The maximum Gasteiger partial charge on any atom is 0.135 e. The molecule has 0 atom stereocenters. The van der Waals surface area contributed by atoms with Crippen molar-refractivity contribution in [3.63, 3.8) is 0 Å². The van der Waals surface area contributed by atoms with Gasteiger partial charge in [-0.15, -0.1) is 0 Å². The zero-order chi connectivity index (χ0) is 4.12.